The Kier molecular flexibility index (Phi) is 2.96. The first-order valence-electron chi connectivity index (χ1n) is 7.10. The number of fused-ring (bicyclic) bond motifs is 1. The molecule has 0 unspecified atom stereocenters. The van der Waals surface area contributed by atoms with Gasteiger partial charge in [0, 0.05) is 24.0 Å². The third-order valence-electron chi connectivity index (χ3n) is 3.60. The smallest absolute Gasteiger partial charge is 0.264 e. The Morgan fingerprint density at radius 2 is 1.91 bits per heavy atom. The van der Waals surface area contributed by atoms with E-state index in [4.69, 9.17) is 4.42 Å². The highest BCUT2D eigenvalue weighted by molar-refractivity contribution is 5.85. The second-order valence-corrected chi connectivity index (χ2v) is 5.12. The molecule has 0 spiro atoms. The van der Waals surface area contributed by atoms with Crippen LogP contribution in [0.5, 0.6) is 0 Å². The molecule has 0 radical (unpaired) electrons. The summed E-state index contributed by atoms with van der Waals surface area (Å²) in [7, 11) is 0. The summed E-state index contributed by atoms with van der Waals surface area (Å²) in [6.07, 6.45) is 1.80. The first kappa shape index (κ1) is 12.8. The standard InChI is InChI=1S/C17H14N4O/c1-12-19-20-17(22-12)16-10-13-6-2-3-8-15(13)21(16)11-14-7-4-5-9-18-14/h2-10H,11H2,1H3. The van der Waals surface area contributed by atoms with E-state index in [0.717, 1.165) is 22.3 Å². The number of aromatic nitrogens is 4. The quantitative estimate of drug-likeness (QED) is 0.580. The number of hydrogen-bond acceptors (Lipinski definition) is 4. The minimum absolute atomic E-state index is 0.532. The third kappa shape index (κ3) is 2.16. The van der Waals surface area contributed by atoms with E-state index in [2.05, 4.69) is 37.9 Å². The van der Waals surface area contributed by atoms with Crippen molar-refractivity contribution in [3.63, 3.8) is 0 Å². The highest BCUT2D eigenvalue weighted by atomic mass is 16.4. The zero-order chi connectivity index (χ0) is 14.9. The Bertz CT molecular complexity index is 924. The predicted molar refractivity (Wildman–Crippen MR) is 83.3 cm³/mol. The Balaban J connectivity index is 1.90. The van der Waals surface area contributed by atoms with Crippen molar-refractivity contribution in [3.05, 3.63) is 66.3 Å². The molecule has 5 nitrogen and oxygen atoms in total. The van der Waals surface area contributed by atoms with Crippen molar-refractivity contribution < 1.29 is 4.42 Å². The molecule has 0 saturated heterocycles. The number of hydrogen-bond donors (Lipinski definition) is 0. The molecule has 0 atom stereocenters. The van der Waals surface area contributed by atoms with Crippen molar-refractivity contribution in [1.29, 1.82) is 0 Å². The predicted octanol–water partition coefficient (Wildman–Crippen LogP) is 3.44. The van der Waals surface area contributed by atoms with Gasteiger partial charge in [-0.1, -0.05) is 24.3 Å². The van der Waals surface area contributed by atoms with Gasteiger partial charge in [-0.3, -0.25) is 4.98 Å². The van der Waals surface area contributed by atoms with Crippen LogP contribution >= 0.6 is 0 Å². The number of benzene rings is 1. The highest BCUT2D eigenvalue weighted by Crippen LogP contribution is 2.28. The molecule has 4 aromatic rings. The Labute approximate surface area is 127 Å². The molecule has 108 valence electrons. The van der Waals surface area contributed by atoms with E-state index in [1.807, 2.05) is 30.3 Å². The first-order chi connectivity index (χ1) is 10.8. The van der Waals surface area contributed by atoms with E-state index in [-0.39, 0.29) is 0 Å². The maximum atomic E-state index is 5.61. The van der Waals surface area contributed by atoms with Crippen LogP contribution in [0, 0.1) is 6.92 Å². The van der Waals surface area contributed by atoms with Crippen molar-refractivity contribution in [2.24, 2.45) is 0 Å². The van der Waals surface area contributed by atoms with Crippen molar-refractivity contribution in [1.82, 2.24) is 19.7 Å². The fraction of sp³-hybridized carbons (Fsp3) is 0.118. The van der Waals surface area contributed by atoms with Crippen LogP contribution in [0.15, 0.2) is 59.1 Å². The molecule has 3 heterocycles. The van der Waals surface area contributed by atoms with Gasteiger partial charge in [-0.25, -0.2) is 0 Å². The van der Waals surface area contributed by atoms with Crippen molar-refractivity contribution in [3.8, 4) is 11.6 Å². The van der Waals surface area contributed by atoms with E-state index in [1.54, 1.807) is 13.1 Å². The number of pyridine rings is 1. The van der Waals surface area contributed by atoms with Crippen LogP contribution in [0.25, 0.3) is 22.5 Å². The summed E-state index contributed by atoms with van der Waals surface area (Å²) in [5, 5.41) is 9.23. The molecule has 0 fully saturated rings. The molecule has 22 heavy (non-hydrogen) atoms. The fourth-order valence-corrected chi connectivity index (χ4v) is 2.61. The lowest BCUT2D eigenvalue weighted by Crippen LogP contribution is -2.03. The van der Waals surface area contributed by atoms with Gasteiger partial charge in [0.25, 0.3) is 5.89 Å². The van der Waals surface area contributed by atoms with E-state index >= 15 is 0 Å². The number of para-hydroxylation sites is 1. The molecule has 4 rings (SSSR count). The zero-order valence-electron chi connectivity index (χ0n) is 12.1. The average molecular weight is 290 g/mol. The highest BCUT2D eigenvalue weighted by Gasteiger charge is 2.15. The lowest BCUT2D eigenvalue weighted by atomic mass is 10.2. The van der Waals surface area contributed by atoms with Gasteiger partial charge in [0.05, 0.1) is 12.2 Å². The average Bonchev–Trinajstić information content (AvgIpc) is 3.13. The molecular weight excluding hydrogens is 276 g/mol. The second kappa shape index (κ2) is 5.11. The molecule has 0 saturated carbocycles. The van der Waals surface area contributed by atoms with E-state index in [1.165, 1.54) is 0 Å². The molecule has 0 aliphatic carbocycles. The van der Waals surface area contributed by atoms with Crippen molar-refractivity contribution >= 4 is 10.9 Å². The second-order valence-electron chi connectivity index (χ2n) is 5.12. The Hall–Kier alpha value is -2.95. The maximum Gasteiger partial charge on any atom is 0.264 e. The summed E-state index contributed by atoms with van der Waals surface area (Å²) in [6.45, 7) is 2.45. The van der Waals surface area contributed by atoms with Gasteiger partial charge in [0.1, 0.15) is 5.69 Å². The summed E-state index contributed by atoms with van der Waals surface area (Å²) in [6, 6.07) is 16.2. The van der Waals surface area contributed by atoms with Crippen LogP contribution < -0.4 is 0 Å². The largest absolute Gasteiger partial charge is 0.420 e. The van der Waals surface area contributed by atoms with Gasteiger partial charge in [0.2, 0.25) is 5.89 Å². The molecule has 5 heteroatoms. The van der Waals surface area contributed by atoms with Crippen molar-refractivity contribution in [2.45, 2.75) is 13.5 Å². The van der Waals surface area contributed by atoms with Crippen LogP contribution in [0.1, 0.15) is 11.6 Å². The van der Waals surface area contributed by atoms with Gasteiger partial charge < -0.3 is 8.98 Å². The molecule has 0 bridgehead atoms. The van der Waals surface area contributed by atoms with E-state index in [9.17, 15) is 0 Å². The summed E-state index contributed by atoms with van der Waals surface area (Å²) >= 11 is 0. The summed E-state index contributed by atoms with van der Waals surface area (Å²) in [4.78, 5) is 4.41. The summed E-state index contributed by atoms with van der Waals surface area (Å²) in [5.41, 5.74) is 3.02. The minimum Gasteiger partial charge on any atom is -0.420 e. The minimum atomic E-state index is 0.532. The SMILES string of the molecule is Cc1nnc(-c2cc3ccccc3n2Cc2ccccn2)o1. The van der Waals surface area contributed by atoms with E-state index < -0.39 is 0 Å². The maximum absolute atomic E-state index is 5.61. The zero-order valence-corrected chi connectivity index (χ0v) is 12.1. The van der Waals surface area contributed by atoms with Gasteiger partial charge in [-0.15, -0.1) is 10.2 Å². The summed E-state index contributed by atoms with van der Waals surface area (Å²) in [5.74, 6) is 1.09. The Morgan fingerprint density at radius 1 is 1.05 bits per heavy atom. The van der Waals surface area contributed by atoms with Gasteiger partial charge in [-0.2, -0.15) is 0 Å². The van der Waals surface area contributed by atoms with Crippen LogP contribution in [-0.2, 0) is 6.54 Å². The normalized spacial score (nSPS) is 11.1. The number of rotatable bonds is 3. The Morgan fingerprint density at radius 3 is 2.68 bits per heavy atom. The van der Waals surface area contributed by atoms with Crippen LogP contribution in [-0.4, -0.2) is 19.7 Å². The van der Waals surface area contributed by atoms with Crippen molar-refractivity contribution in [2.75, 3.05) is 0 Å². The lowest BCUT2D eigenvalue weighted by Gasteiger charge is -2.08. The molecule has 0 aliphatic rings. The molecule has 0 N–H and O–H groups in total. The van der Waals surface area contributed by atoms with Gasteiger partial charge in [0.15, 0.2) is 0 Å². The van der Waals surface area contributed by atoms with Gasteiger partial charge in [-0.05, 0) is 24.3 Å². The van der Waals surface area contributed by atoms with Crippen LogP contribution in [0.2, 0.25) is 0 Å². The molecular formula is C17H14N4O. The third-order valence-corrected chi connectivity index (χ3v) is 3.60. The number of aryl methyl sites for hydroxylation is 1. The fourth-order valence-electron chi connectivity index (χ4n) is 2.61. The molecule has 0 aliphatic heterocycles. The number of nitrogens with zero attached hydrogens (tertiary/aromatic N) is 4. The summed E-state index contributed by atoms with van der Waals surface area (Å²) < 4.78 is 7.77. The van der Waals surface area contributed by atoms with Crippen LogP contribution in [0.3, 0.4) is 0 Å². The molecule has 0 amide bonds. The lowest BCUT2D eigenvalue weighted by molar-refractivity contribution is 0.528. The molecule has 1 aromatic carbocycles. The van der Waals surface area contributed by atoms with Gasteiger partial charge >= 0.3 is 0 Å². The van der Waals surface area contributed by atoms with Crippen LogP contribution in [0.4, 0.5) is 0 Å². The first-order valence-corrected chi connectivity index (χ1v) is 7.10. The topological polar surface area (TPSA) is 56.7 Å². The van der Waals surface area contributed by atoms with E-state index in [0.29, 0.717) is 18.3 Å². The molecule has 3 aromatic heterocycles. The monoisotopic (exact) mass is 290 g/mol.